The third-order valence-corrected chi connectivity index (χ3v) is 4.22. The summed E-state index contributed by atoms with van der Waals surface area (Å²) in [4.78, 5) is 23.6. The van der Waals surface area contributed by atoms with E-state index in [9.17, 15) is 9.59 Å². The molecule has 0 spiro atoms. The number of aliphatic carboxylic acids is 1. The highest BCUT2D eigenvalue weighted by atomic mass is 16.5. The van der Waals surface area contributed by atoms with E-state index in [1.54, 1.807) is 14.0 Å². The first-order chi connectivity index (χ1) is 10.4. The molecule has 0 aliphatic carbocycles. The monoisotopic (exact) mass is 307 g/mol. The number of carbonyl (C=O) groups is 2. The molecule has 1 atom stereocenters. The number of hydrogen-bond donors (Lipinski definition) is 2. The predicted octanol–water partition coefficient (Wildman–Crippen LogP) is 2.95. The zero-order valence-electron chi connectivity index (χ0n) is 13.7. The first kappa shape index (κ1) is 18.0. The molecule has 2 N–H and O–H groups in total. The maximum absolute atomic E-state index is 12.5. The summed E-state index contributed by atoms with van der Waals surface area (Å²) in [6, 6.07) is 7.34. The van der Waals surface area contributed by atoms with Crippen molar-refractivity contribution in [3.05, 3.63) is 29.8 Å². The van der Waals surface area contributed by atoms with E-state index >= 15 is 0 Å². The van der Waals surface area contributed by atoms with Crippen LogP contribution in [0.4, 0.5) is 0 Å². The first-order valence-corrected chi connectivity index (χ1v) is 7.55. The highest BCUT2D eigenvalue weighted by molar-refractivity contribution is 5.84. The second kappa shape index (κ2) is 7.82. The van der Waals surface area contributed by atoms with E-state index in [4.69, 9.17) is 9.84 Å². The molecule has 0 heterocycles. The van der Waals surface area contributed by atoms with Gasteiger partial charge in [-0.25, -0.2) is 0 Å². The third kappa shape index (κ3) is 4.48. The number of benzene rings is 1. The molecule has 5 heteroatoms. The summed E-state index contributed by atoms with van der Waals surface area (Å²) in [7, 11) is 1.58. The standard InChI is InChI=1S/C17H25NO4/c1-5-17(6-2,11-15(19)20)18-16(21)12(3)13-8-7-9-14(10-13)22-4/h7-10,12H,5-6,11H2,1-4H3,(H,18,21)(H,19,20). The first-order valence-electron chi connectivity index (χ1n) is 7.55. The van der Waals surface area contributed by atoms with E-state index in [0.717, 1.165) is 5.56 Å². The largest absolute Gasteiger partial charge is 0.497 e. The molecule has 0 aromatic heterocycles. The number of ether oxygens (including phenoxy) is 1. The van der Waals surface area contributed by atoms with Crippen LogP contribution in [0.15, 0.2) is 24.3 Å². The van der Waals surface area contributed by atoms with Gasteiger partial charge < -0.3 is 15.2 Å². The molecule has 0 saturated carbocycles. The van der Waals surface area contributed by atoms with E-state index in [1.165, 1.54) is 0 Å². The maximum Gasteiger partial charge on any atom is 0.305 e. The smallest absolute Gasteiger partial charge is 0.305 e. The topological polar surface area (TPSA) is 75.6 Å². The minimum atomic E-state index is -0.905. The van der Waals surface area contributed by atoms with Crippen LogP contribution >= 0.6 is 0 Å². The van der Waals surface area contributed by atoms with Crippen LogP contribution in [0.3, 0.4) is 0 Å². The molecule has 0 aliphatic heterocycles. The van der Waals surface area contributed by atoms with Gasteiger partial charge in [0.05, 0.1) is 19.4 Å². The summed E-state index contributed by atoms with van der Waals surface area (Å²) in [6.07, 6.45) is 1.08. The fourth-order valence-electron chi connectivity index (χ4n) is 2.44. The average molecular weight is 307 g/mol. The zero-order chi connectivity index (χ0) is 16.8. The lowest BCUT2D eigenvalue weighted by Gasteiger charge is -2.32. The van der Waals surface area contributed by atoms with Crippen LogP contribution < -0.4 is 10.1 Å². The summed E-state index contributed by atoms with van der Waals surface area (Å²) in [6.45, 7) is 5.59. The molecular weight excluding hydrogens is 282 g/mol. The number of hydrogen-bond acceptors (Lipinski definition) is 3. The number of nitrogens with one attached hydrogen (secondary N) is 1. The molecule has 1 aromatic rings. The lowest BCUT2D eigenvalue weighted by atomic mass is 9.87. The van der Waals surface area contributed by atoms with Crippen molar-refractivity contribution in [3.63, 3.8) is 0 Å². The van der Waals surface area contributed by atoms with E-state index < -0.39 is 11.5 Å². The Kier molecular flexibility index (Phi) is 6.40. The highest BCUT2D eigenvalue weighted by Crippen LogP contribution is 2.24. The van der Waals surface area contributed by atoms with Crippen LogP contribution in [0.5, 0.6) is 5.75 Å². The van der Waals surface area contributed by atoms with Crippen LogP contribution in [0, 0.1) is 0 Å². The highest BCUT2D eigenvalue weighted by Gasteiger charge is 2.32. The zero-order valence-corrected chi connectivity index (χ0v) is 13.7. The molecule has 1 unspecified atom stereocenters. The summed E-state index contributed by atoms with van der Waals surface area (Å²) in [5, 5.41) is 12.0. The van der Waals surface area contributed by atoms with Gasteiger partial charge in [0.2, 0.25) is 5.91 Å². The van der Waals surface area contributed by atoms with Gasteiger partial charge in [0.25, 0.3) is 0 Å². The number of amides is 1. The molecule has 1 amide bonds. The molecule has 0 radical (unpaired) electrons. The third-order valence-electron chi connectivity index (χ3n) is 4.22. The van der Waals surface area contributed by atoms with Gasteiger partial charge in [0.15, 0.2) is 0 Å². The molecular formula is C17H25NO4. The van der Waals surface area contributed by atoms with Gasteiger partial charge in [-0.2, -0.15) is 0 Å². The normalized spacial score (nSPS) is 12.5. The van der Waals surface area contributed by atoms with Crippen molar-refractivity contribution in [3.8, 4) is 5.75 Å². The summed E-state index contributed by atoms with van der Waals surface area (Å²) in [5.74, 6) is -0.752. The molecule has 0 saturated heterocycles. The Bertz CT molecular complexity index is 523. The Labute approximate surface area is 131 Å². The average Bonchev–Trinajstić information content (AvgIpc) is 2.52. The fourth-order valence-corrected chi connectivity index (χ4v) is 2.44. The molecule has 1 aromatic carbocycles. The van der Waals surface area contributed by atoms with Crippen molar-refractivity contribution < 1.29 is 19.4 Å². The Hall–Kier alpha value is -2.04. The minimum Gasteiger partial charge on any atom is -0.497 e. The molecule has 0 bridgehead atoms. The van der Waals surface area contributed by atoms with Crippen LogP contribution in [0.1, 0.15) is 51.5 Å². The van der Waals surface area contributed by atoms with Gasteiger partial charge in [0, 0.05) is 5.54 Å². The lowest BCUT2D eigenvalue weighted by Crippen LogP contribution is -2.50. The van der Waals surface area contributed by atoms with Gasteiger partial charge in [0.1, 0.15) is 5.75 Å². The van der Waals surface area contributed by atoms with Crippen LogP contribution in [-0.2, 0) is 9.59 Å². The van der Waals surface area contributed by atoms with Crippen LogP contribution in [0.25, 0.3) is 0 Å². The van der Waals surface area contributed by atoms with Crippen molar-refractivity contribution >= 4 is 11.9 Å². The second-order valence-electron chi connectivity index (χ2n) is 5.55. The Morgan fingerprint density at radius 3 is 2.45 bits per heavy atom. The second-order valence-corrected chi connectivity index (χ2v) is 5.55. The number of methoxy groups -OCH3 is 1. The van der Waals surface area contributed by atoms with E-state index in [0.29, 0.717) is 18.6 Å². The lowest BCUT2D eigenvalue weighted by molar-refractivity contribution is -0.139. The number of carboxylic acids is 1. The van der Waals surface area contributed by atoms with E-state index in [1.807, 2.05) is 38.1 Å². The van der Waals surface area contributed by atoms with Crippen molar-refractivity contribution in [2.45, 2.75) is 51.5 Å². The van der Waals surface area contributed by atoms with Gasteiger partial charge in [-0.15, -0.1) is 0 Å². The van der Waals surface area contributed by atoms with E-state index in [2.05, 4.69) is 5.32 Å². The molecule has 122 valence electrons. The van der Waals surface area contributed by atoms with Crippen molar-refractivity contribution in [1.82, 2.24) is 5.32 Å². The van der Waals surface area contributed by atoms with Crippen LogP contribution in [-0.4, -0.2) is 29.6 Å². The van der Waals surface area contributed by atoms with Gasteiger partial charge in [-0.05, 0) is 37.5 Å². The summed E-state index contributed by atoms with van der Waals surface area (Å²) < 4.78 is 5.17. The molecule has 0 aliphatic rings. The fraction of sp³-hybridized carbons (Fsp3) is 0.529. The Morgan fingerprint density at radius 1 is 1.32 bits per heavy atom. The minimum absolute atomic E-state index is 0.0728. The molecule has 5 nitrogen and oxygen atoms in total. The van der Waals surface area contributed by atoms with Crippen molar-refractivity contribution in [1.29, 1.82) is 0 Å². The summed E-state index contributed by atoms with van der Waals surface area (Å²) in [5.41, 5.74) is 0.143. The number of carboxylic acid groups (broad SMARTS) is 1. The molecule has 0 fully saturated rings. The maximum atomic E-state index is 12.5. The Balaban J connectivity index is 2.91. The van der Waals surface area contributed by atoms with Crippen LogP contribution in [0.2, 0.25) is 0 Å². The van der Waals surface area contributed by atoms with Gasteiger partial charge in [-0.1, -0.05) is 26.0 Å². The van der Waals surface area contributed by atoms with E-state index in [-0.39, 0.29) is 18.2 Å². The number of rotatable bonds is 8. The molecule has 1 rings (SSSR count). The van der Waals surface area contributed by atoms with Gasteiger partial charge >= 0.3 is 5.97 Å². The molecule has 22 heavy (non-hydrogen) atoms. The Morgan fingerprint density at radius 2 is 1.95 bits per heavy atom. The summed E-state index contributed by atoms with van der Waals surface area (Å²) >= 11 is 0. The SMILES string of the molecule is CCC(CC)(CC(=O)O)NC(=O)C(C)c1cccc(OC)c1. The number of carbonyl (C=O) groups excluding carboxylic acids is 1. The van der Waals surface area contributed by atoms with Crippen molar-refractivity contribution in [2.75, 3.05) is 7.11 Å². The van der Waals surface area contributed by atoms with Crippen molar-refractivity contribution in [2.24, 2.45) is 0 Å². The predicted molar refractivity (Wildman–Crippen MR) is 85.1 cm³/mol. The van der Waals surface area contributed by atoms with Gasteiger partial charge in [-0.3, -0.25) is 9.59 Å². The quantitative estimate of drug-likeness (QED) is 0.774.